The largest absolute Gasteiger partial charge is 0.480 e. The average Bonchev–Trinajstić information content (AvgIpc) is 1.99. The molecule has 0 rings (SSSR count). The summed E-state index contributed by atoms with van der Waals surface area (Å²) >= 11 is 0. The van der Waals surface area contributed by atoms with E-state index in [1.54, 1.807) is 6.92 Å². The molecule has 4 nitrogen and oxygen atoms in total. The molecule has 64 valence electrons. The number of carboxylic acids is 1. The molecular weight excluding hydrogens is 146 g/mol. The van der Waals surface area contributed by atoms with E-state index in [2.05, 4.69) is 0 Å². The number of carbonyl (C=O) groups is 2. The van der Waals surface area contributed by atoms with Crippen LogP contribution in [-0.4, -0.2) is 22.9 Å². The summed E-state index contributed by atoms with van der Waals surface area (Å²) in [4.78, 5) is 20.9. The lowest BCUT2D eigenvalue weighted by Crippen LogP contribution is -2.30. The number of nitrogens with two attached hydrogens (primary N) is 1. The molecule has 0 saturated heterocycles. The van der Waals surface area contributed by atoms with Gasteiger partial charge in [-0.1, -0.05) is 6.92 Å². The number of Topliss-reactive ketones (excluding diaryl/α,β-unsaturated/α-hetero) is 1. The van der Waals surface area contributed by atoms with Gasteiger partial charge in [-0.15, -0.1) is 0 Å². The molecule has 0 spiro atoms. The first kappa shape index (κ1) is 10.1. The van der Waals surface area contributed by atoms with Crippen molar-refractivity contribution in [3.8, 4) is 0 Å². The zero-order valence-electron chi connectivity index (χ0n) is 6.54. The molecule has 0 aromatic heterocycles. The second-order valence-corrected chi connectivity index (χ2v) is 2.38. The van der Waals surface area contributed by atoms with Crippen LogP contribution in [-0.2, 0) is 9.59 Å². The number of carboxylic acid groups (broad SMARTS) is 1. The minimum atomic E-state index is -1.05. The van der Waals surface area contributed by atoms with Gasteiger partial charge in [0.15, 0.2) is 0 Å². The normalized spacial score (nSPS) is 12.5. The summed E-state index contributed by atoms with van der Waals surface area (Å²) in [7, 11) is 0. The molecule has 0 radical (unpaired) electrons. The van der Waals surface area contributed by atoms with E-state index in [-0.39, 0.29) is 18.6 Å². The van der Waals surface area contributed by atoms with Gasteiger partial charge in [0.25, 0.3) is 0 Å². The monoisotopic (exact) mass is 159 g/mol. The van der Waals surface area contributed by atoms with Crippen LogP contribution in [0, 0.1) is 0 Å². The molecule has 0 aliphatic carbocycles. The molecule has 4 heteroatoms. The third-order valence-corrected chi connectivity index (χ3v) is 1.45. The molecular formula is C7H13NO3. The smallest absolute Gasteiger partial charge is 0.320 e. The van der Waals surface area contributed by atoms with Gasteiger partial charge in [0.05, 0.1) is 0 Å². The van der Waals surface area contributed by atoms with E-state index in [4.69, 9.17) is 10.8 Å². The number of ketones is 1. The third kappa shape index (κ3) is 4.50. The minimum absolute atomic E-state index is 0.0571. The van der Waals surface area contributed by atoms with Gasteiger partial charge in [-0.2, -0.15) is 0 Å². The summed E-state index contributed by atoms with van der Waals surface area (Å²) in [6, 6.07) is -0.898. The Morgan fingerprint density at radius 2 is 2.09 bits per heavy atom. The quantitative estimate of drug-likeness (QED) is 0.598. The van der Waals surface area contributed by atoms with Gasteiger partial charge in [-0.25, -0.2) is 0 Å². The second kappa shape index (κ2) is 4.85. The molecule has 1 atom stereocenters. The molecule has 0 aromatic carbocycles. The Morgan fingerprint density at radius 1 is 1.55 bits per heavy atom. The Labute approximate surface area is 65.4 Å². The SMILES string of the molecule is CCC(=O)CCC(N)C(=O)O. The Bertz CT molecular complexity index is 156. The molecule has 0 aromatic rings. The highest BCUT2D eigenvalue weighted by molar-refractivity contribution is 5.79. The highest BCUT2D eigenvalue weighted by atomic mass is 16.4. The molecule has 0 aliphatic rings. The first-order valence-electron chi connectivity index (χ1n) is 3.58. The summed E-state index contributed by atoms with van der Waals surface area (Å²) in [6.45, 7) is 1.74. The molecule has 11 heavy (non-hydrogen) atoms. The maximum Gasteiger partial charge on any atom is 0.320 e. The maximum atomic E-state index is 10.7. The Kier molecular flexibility index (Phi) is 4.45. The highest BCUT2D eigenvalue weighted by Gasteiger charge is 2.11. The molecule has 0 saturated carbocycles. The number of aliphatic carboxylic acids is 1. The van der Waals surface area contributed by atoms with E-state index >= 15 is 0 Å². The standard InChI is InChI=1S/C7H13NO3/c1-2-5(9)3-4-6(8)7(10)11/h6H,2-4,8H2,1H3,(H,10,11). The van der Waals surface area contributed by atoms with Crippen molar-refractivity contribution in [3.05, 3.63) is 0 Å². The van der Waals surface area contributed by atoms with E-state index < -0.39 is 12.0 Å². The summed E-state index contributed by atoms with van der Waals surface area (Å²) in [6.07, 6.45) is 0.957. The van der Waals surface area contributed by atoms with E-state index in [0.717, 1.165) is 0 Å². The zero-order valence-corrected chi connectivity index (χ0v) is 6.54. The second-order valence-electron chi connectivity index (χ2n) is 2.38. The topological polar surface area (TPSA) is 80.4 Å². The molecule has 3 N–H and O–H groups in total. The lowest BCUT2D eigenvalue weighted by Gasteiger charge is -2.03. The first-order valence-corrected chi connectivity index (χ1v) is 3.58. The highest BCUT2D eigenvalue weighted by Crippen LogP contribution is 1.97. The predicted octanol–water partition coefficient (Wildman–Crippen LogP) is 0.158. The molecule has 0 heterocycles. The Balaban J connectivity index is 3.54. The van der Waals surface area contributed by atoms with Crippen molar-refractivity contribution < 1.29 is 14.7 Å². The first-order chi connectivity index (χ1) is 5.07. The van der Waals surface area contributed by atoms with Crippen LogP contribution in [0.25, 0.3) is 0 Å². The van der Waals surface area contributed by atoms with Gasteiger partial charge in [0, 0.05) is 12.8 Å². The molecule has 0 bridgehead atoms. The van der Waals surface area contributed by atoms with Crippen LogP contribution in [0.2, 0.25) is 0 Å². The van der Waals surface area contributed by atoms with E-state index in [0.29, 0.717) is 6.42 Å². The van der Waals surface area contributed by atoms with Crippen LogP contribution >= 0.6 is 0 Å². The van der Waals surface area contributed by atoms with Gasteiger partial charge < -0.3 is 10.8 Å². The summed E-state index contributed by atoms with van der Waals surface area (Å²) in [5.74, 6) is -0.990. The molecule has 0 amide bonds. The molecule has 0 aliphatic heterocycles. The number of hydrogen-bond acceptors (Lipinski definition) is 3. The van der Waals surface area contributed by atoms with Crippen molar-refractivity contribution in [1.29, 1.82) is 0 Å². The van der Waals surface area contributed by atoms with Crippen LogP contribution in [0.3, 0.4) is 0 Å². The Morgan fingerprint density at radius 3 is 2.45 bits per heavy atom. The number of hydrogen-bond donors (Lipinski definition) is 2. The van der Waals surface area contributed by atoms with Crippen molar-refractivity contribution in [2.75, 3.05) is 0 Å². The molecule has 0 fully saturated rings. The van der Waals surface area contributed by atoms with Gasteiger partial charge in [0.2, 0.25) is 0 Å². The minimum Gasteiger partial charge on any atom is -0.480 e. The van der Waals surface area contributed by atoms with Crippen molar-refractivity contribution in [2.24, 2.45) is 5.73 Å². The zero-order chi connectivity index (χ0) is 8.85. The van der Waals surface area contributed by atoms with Crippen molar-refractivity contribution >= 4 is 11.8 Å². The van der Waals surface area contributed by atoms with Crippen LogP contribution in [0.4, 0.5) is 0 Å². The number of carbonyl (C=O) groups excluding carboxylic acids is 1. The lowest BCUT2D eigenvalue weighted by atomic mass is 10.1. The van der Waals surface area contributed by atoms with Gasteiger partial charge >= 0.3 is 5.97 Å². The van der Waals surface area contributed by atoms with Gasteiger partial charge in [0.1, 0.15) is 11.8 Å². The third-order valence-electron chi connectivity index (χ3n) is 1.45. The summed E-state index contributed by atoms with van der Waals surface area (Å²) < 4.78 is 0. The molecule has 1 unspecified atom stereocenters. The fourth-order valence-electron chi connectivity index (χ4n) is 0.617. The average molecular weight is 159 g/mol. The summed E-state index contributed by atoms with van der Waals surface area (Å²) in [5, 5.41) is 8.33. The Hall–Kier alpha value is -0.900. The lowest BCUT2D eigenvalue weighted by molar-refractivity contribution is -0.138. The van der Waals surface area contributed by atoms with Crippen LogP contribution in [0.1, 0.15) is 26.2 Å². The van der Waals surface area contributed by atoms with Crippen LogP contribution in [0.15, 0.2) is 0 Å². The number of rotatable bonds is 5. The van der Waals surface area contributed by atoms with Gasteiger partial charge in [-0.05, 0) is 6.42 Å². The van der Waals surface area contributed by atoms with E-state index in [1.165, 1.54) is 0 Å². The van der Waals surface area contributed by atoms with E-state index in [1.807, 2.05) is 0 Å². The van der Waals surface area contributed by atoms with Crippen molar-refractivity contribution in [2.45, 2.75) is 32.2 Å². The fraction of sp³-hybridized carbons (Fsp3) is 0.714. The van der Waals surface area contributed by atoms with Crippen molar-refractivity contribution in [1.82, 2.24) is 0 Å². The van der Waals surface area contributed by atoms with Gasteiger partial charge in [-0.3, -0.25) is 9.59 Å². The van der Waals surface area contributed by atoms with E-state index in [9.17, 15) is 9.59 Å². The van der Waals surface area contributed by atoms with Crippen LogP contribution < -0.4 is 5.73 Å². The maximum absolute atomic E-state index is 10.7. The van der Waals surface area contributed by atoms with Crippen LogP contribution in [0.5, 0.6) is 0 Å². The predicted molar refractivity (Wildman–Crippen MR) is 40.1 cm³/mol. The summed E-state index contributed by atoms with van der Waals surface area (Å²) in [5.41, 5.74) is 5.17. The van der Waals surface area contributed by atoms with Crippen molar-refractivity contribution in [3.63, 3.8) is 0 Å². The fourth-order valence-corrected chi connectivity index (χ4v) is 0.617.